The lowest BCUT2D eigenvalue weighted by atomic mass is 10.1. The molecule has 0 aromatic heterocycles. The molecule has 4 heteroatoms. The van der Waals surface area contributed by atoms with Crippen LogP contribution in [0.2, 0.25) is 0 Å². The minimum atomic E-state index is -0.290. The van der Waals surface area contributed by atoms with Crippen LogP contribution in [0.1, 0.15) is 29.6 Å². The molecule has 1 aromatic rings. The first-order valence-corrected chi connectivity index (χ1v) is 6.82. The minimum absolute atomic E-state index is 0.290. The first kappa shape index (κ1) is 13.9. The largest absolute Gasteiger partial charge is 0.460 e. The summed E-state index contributed by atoms with van der Waals surface area (Å²) in [6.45, 7) is 2.94. The molecule has 0 N–H and O–H groups in total. The zero-order valence-electron chi connectivity index (χ0n) is 11.4. The van der Waals surface area contributed by atoms with Crippen LogP contribution >= 0.6 is 0 Å². The monoisotopic (exact) mass is 263 g/mol. The number of carbonyl (C=O) groups excluding carboxylic acids is 1. The van der Waals surface area contributed by atoms with E-state index in [1.807, 2.05) is 24.3 Å². The van der Waals surface area contributed by atoms with Gasteiger partial charge in [-0.25, -0.2) is 4.79 Å². The Bertz CT molecular complexity index is 396. The number of hydrogen-bond acceptors (Lipinski definition) is 4. The van der Waals surface area contributed by atoms with Crippen molar-refractivity contribution in [3.8, 4) is 0 Å². The summed E-state index contributed by atoms with van der Waals surface area (Å²) in [5.41, 5.74) is 1.78. The van der Waals surface area contributed by atoms with Crippen molar-refractivity contribution in [3.63, 3.8) is 0 Å². The summed E-state index contributed by atoms with van der Waals surface area (Å²) in [6.07, 6.45) is 3.82. The summed E-state index contributed by atoms with van der Waals surface area (Å²) in [5, 5.41) is 0. The van der Waals surface area contributed by atoms with E-state index in [0.717, 1.165) is 13.1 Å². The van der Waals surface area contributed by atoms with E-state index in [1.165, 1.54) is 24.9 Å². The summed E-state index contributed by atoms with van der Waals surface area (Å²) in [7, 11) is 1.58. The molecular formula is C15H21NO3. The summed E-state index contributed by atoms with van der Waals surface area (Å²) in [4.78, 5) is 14.1. The molecule has 0 atom stereocenters. The average molecular weight is 263 g/mol. The molecule has 19 heavy (non-hydrogen) atoms. The van der Waals surface area contributed by atoms with Crippen molar-refractivity contribution in [1.82, 2.24) is 0 Å². The minimum Gasteiger partial charge on any atom is -0.460 e. The Balaban J connectivity index is 1.91. The second kappa shape index (κ2) is 7.14. The van der Waals surface area contributed by atoms with Gasteiger partial charge in [-0.05, 0) is 43.5 Å². The van der Waals surface area contributed by atoms with E-state index in [1.54, 1.807) is 7.11 Å². The van der Waals surface area contributed by atoms with Gasteiger partial charge >= 0.3 is 5.97 Å². The van der Waals surface area contributed by atoms with Gasteiger partial charge in [0.1, 0.15) is 6.61 Å². The van der Waals surface area contributed by atoms with Gasteiger partial charge in [0.15, 0.2) is 0 Å². The normalized spacial score (nSPS) is 15.3. The van der Waals surface area contributed by atoms with E-state index >= 15 is 0 Å². The topological polar surface area (TPSA) is 38.8 Å². The van der Waals surface area contributed by atoms with Crippen molar-refractivity contribution in [2.45, 2.75) is 19.3 Å². The highest BCUT2D eigenvalue weighted by Gasteiger charge is 2.12. The number of methoxy groups -OCH3 is 1. The smallest absolute Gasteiger partial charge is 0.338 e. The van der Waals surface area contributed by atoms with E-state index in [9.17, 15) is 4.79 Å². The molecule has 4 nitrogen and oxygen atoms in total. The predicted molar refractivity (Wildman–Crippen MR) is 74.7 cm³/mol. The molecule has 0 radical (unpaired) electrons. The maximum atomic E-state index is 11.7. The lowest BCUT2D eigenvalue weighted by molar-refractivity contribution is 0.0388. The third kappa shape index (κ3) is 3.96. The summed E-state index contributed by atoms with van der Waals surface area (Å²) < 4.78 is 9.92. The van der Waals surface area contributed by atoms with Crippen molar-refractivity contribution < 1.29 is 14.3 Å². The van der Waals surface area contributed by atoms with E-state index in [0.29, 0.717) is 18.8 Å². The van der Waals surface area contributed by atoms with Crippen molar-refractivity contribution in [2.75, 3.05) is 38.3 Å². The molecule has 0 amide bonds. The van der Waals surface area contributed by atoms with E-state index < -0.39 is 0 Å². The molecule has 0 spiro atoms. The van der Waals surface area contributed by atoms with E-state index in [-0.39, 0.29) is 5.97 Å². The van der Waals surface area contributed by atoms with Crippen LogP contribution in [-0.4, -0.2) is 39.4 Å². The zero-order chi connectivity index (χ0) is 13.5. The Kier molecular flexibility index (Phi) is 5.21. The van der Waals surface area contributed by atoms with Gasteiger partial charge in [-0.1, -0.05) is 0 Å². The lowest BCUT2D eigenvalue weighted by Crippen LogP contribution is -2.29. The molecule has 2 rings (SSSR count). The number of ether oxygens (including phenoxy) is 2. The molecule has 104 valence electrons. The van der Waals surface area contributed by atoms with Crippen molar-refractivity contribution in [3.05, 3.63) is 29.8 Å². The molecule has 0 saturated carbocycles. The fourth-order valence-electron chi connectivity index (χ4n) is 2.26. The SMILES string of the molecule is COCCOC(=O)c1ccc(N2CCCCC2)cc1. The molecule has 1 aliphatic rings. The summed E-state index contributed by atoms with van der Waals surface area (Å²) in [6, 6.07) is 7.66. The zero-order valence-corrected chi connectivity index (χ0v) is 11.4. The van der Waals surface area contributed by atoms with E-state index in [2.05, 4.69) is 4.90 Å². The number of hydrogen-bond donors (Lipinski definition) is 0. The second-order valence-corrected chi connectivity index (χ2v) is 4.72. The van der Waals surface area contributed by atoms with E-state index in [4.69, 9.17) is 9.47 Å². The van der Waals surface area contributed by atoms with Crippen molar-refractivity contribution >= 4 is 11.7 Å². The van der Waals surface area contributed by atoms with Crippen LogP contribution in [0.4, 0.5) is 5.69 Å². The van der Waals surface area contributed by atoms with Gasteiger partial charge < -0.3 is 14.4 Å². The number of anilines is 1. The third-order valence-electron chi connectivity index (χ3n) is 3.34. The fraction of sp³-hybridized carbons (Fsp3) is 0.533. The van der Waals surface area contributed by atoms with Crippen LogP contribution in [0.5, 0.6) is 0 Å². The van der Waals surface area contributed by atoms with Crippen LogP contribution in [0.25, 0.3) is 0 Å². The van der Waals surface area contributed by atoms with Gasteiger partial charge in [0.25, 0.3) is 0 Å². The van der Waals surface area contributed by atoms with Crippen LogP contribution in [0.15, 0.2) is 24.3 Å². The van der Waals surface area contributed by atoms with Crippen LogP contribution in [0.3, 0.4) is 0 Å². The van der Waals surface area contributed by atoms with Gasteiger partial charge in [0.2, 0.25) is 0 Å². The van der Waals surface area contributed by atoms with Gasteiger partial charge in [0, 0.05) is 25.9 Å². The molecule has 0 aliphatic carbocycles. The molecule has 0 unspecified atom stereocenters. The van der Waals surface area contributed by atoms with Gasteiger partial charge in [-0.3, -0.25) is 0 Å². The molecule has 1 heterocycles. The molecule has 1 aromatic carbocycles. The van der Waals surface area contributed by atoms with Crippen molar-refractivity contribution in [1.29, 1.82) is 0 Å². The van der Waals surface area contributed by atoms with Gasteiger partial charge in [-0.2, -0.15) is 0 Å². The second-order valence-electron chi connectivity index (χ2n) is 4.72. The number of carbonyl (C=O) groups is 1. The van der Waals surface area contributed by atoms with Gasteiger partial charge in [-0.15, -0.1) is 0 Å². The quantitative estimate of drug-likeness (QED) is 0.604. The Hall–Kier alpha value is -1.55. The Morgan fingerprint density at radius 2 is 1.79 bits per heavy atom. The molecular weight excluding hydrogens is 242 g/mol. The Morgan fingerprint density at radius 3 is 2.42 bits per heavy atom. The number of benzene rings is 1. The average Bonchev–Trinajstić information content (AvgIpc) is 2.48. The Morgan fingerprint density at radius 1 is 1.11 bits per heavy atom. The highest BCUT2D eigenvalue weighted by atomic mass is 16.6. The van der Waals surface area contributed by atoms with Gasteiger partial charge in [0.05, 0.1) is 12.2 Å². The number of piperidine rings is 1. The van der Waals surface area contributed by atoms with Crippen molar-refractivity contribution in [2.24, 2.45) is 0 Å². The summed E-state index contributed by atoms with van der Waals surface area (Å²) in [5.74, 6) is -0.290. The molecule has 0 bridgehead atoms. The number of rotatable bonds is 5. The third-order valence-corrected chi connectivity index (χ3v) is 3.34. The fourth-order valence-corrected chi connectivity index (χ4v) is 2.26. The maximum Gasteiger partial charge on any atom is 0.338 e. The molecule has 1 saturated heterocycles. The highest BCUT2D eigenvalue weighted by molar-refractivity contribution is 5.89. The number of nitrogens with zero attached hydrogens (tertiary/aromatic N) is 1. The van der Waals surface area contributed by atoms with Crippen LogP contribution < -0.4 is 4.90 Å². The predicted octanol–water partition coefficient (Wildman–Crippen LogP) is 2.48. The lowest BCUT2D eigenvalue weighted by Gasteiger charge is -2.28. The number of esters is 1. The van der Waals surface area contributed by atoms with Crippen LogP contribution in [-0.2, 0) is 9.47 Å². The first-order valence-electron chi connectivity index (χ1n) is 6.82. The highest BCUT2D eigenvalue weighted by Crippen LogP contribution is 2.20. The maximum absolute atomic E-state index is 11.7. The molecule has 1 fully saturated rings. The summed E-state index contributed by atoms with van der Waals surface area (Å²) >= 11 is 0. The molecule has 1 aliphatic heterocycles. The van der Waals surface area contributed by atoms with Crippen LogP contribution in [0, 0.1) is 0 Å². The first-order chi connectivity index (χ1) is 9.31. The Labute approximate surface area is 114 Å². The standard InChI is InChI=1S/C15H21NO3/c1-18-11-12-19-15(17)13-5-7-14(8-6-13)16-9-3-2-4-10-16/h5-8H,2-4,9-12H2,1H3.